The molecule has 26 heavy (non-hydrogen) atoms. The fourth-order valence-electron chi connectivity index (χ4n) is 2.92. The fraction of sp³-hybridized carbons (Fsp3) is 0.389. The van der Waals surface area contributed by atoms with Gasteiger partial charge in [-0.3, -0.25) is 19.6 Å². The highest BCUT2D eigenvalue weighted by Crippen LogP contribution is 2.14. The van der Waals surface area contributed by atoms with Crippen LogP contribution in [0.3, 0.4) is 0 Å². The van der Waals surface area contributed by atoms with Gasteiger partial charge in [-0.05, 0) is 25.0 Å². The van der Waals surface area contributed by atoms with E-state index in [4.69, 9.17) is 0 Å². The van der Waals surface area contributed by atoms with Gasteiger partial charge in [0.15, 0.2) is 0 Å². The molecule has 0 aromatic carbocycles. The number of hydrogen-bond donors (Lipinski definition) is 2. The molecule has 2 aromatic rings. The zero-order valence-electron chi connectivity index (χ0n) is 14.3. The van der Waals surface area contributed by atoms with Gasteiger partial charge in [0.2, 0.25) is 5.91 Å². The highest BCUT2D eigenvalue weighted by molar-refractivity contribution is 5.92. The number of amides is 2. The van der Waals surface area contributed by atoms with Crippen LogP contribution < -0.4 is 5.32 Å². The standard InChI is InChI=1S/C18H21N5O3/c24-16-12-23(17(25)5-4-13-3-1-2-7-20-13)10-6-14(16)22-18(26)15-11-19-8-9-21-15/h1-3,7-9,11,14,16,24H,4-6,10,12H2,(H,22,26)/t14-,16-/m1/s1. The number of aryl methyl sites for hydroxylation is 1. The number of nitrogens with zero attached hydrogens (tertiary/aromatic N) is 4. The second-order valence-corrected chi connectivity index (χ2v) is 6.19. The summed E-state index contributed by atoms with van der Waals surface area (Å²) in [6.45, 7) is 0.690. The zero-order chi connectivity index (χ0) is 18.4. The molecule has 0 saturated carbocycles. The Bertz CT molecular complexity index is 741. The highest BCUT2D eigenvalue weighted by Gasteiger charge is 2.31. The van der Waals surface area contributed by atoms with Gasteiger partial charge in [-0.25, -0.2) is 4.98 Å². The molecule has 1 aliphatic heterocycles. The quantitative estimate of drug-likeness (QED) is 0.793. The maximum absolute atomic E-state index is 12.3. The van der Waals surface area contributed by atoms with Crippen molar-refractivity contribution in [1.82, 2.24) is 25.2 Å². The van der Waals surface area contributed by atoms with Crippen LogP contribution in [0.5, 0.6) is 0 Å². The van der Waals surface area contributed by atoms with Gasteiger partial charge >= 0.3 is 0 Å². The van der Waals surface area contributed by atoms with Crippen LogP contribution in [0, 0.1) is 0 Å². The van der Waals surface area contributed by atoms with Crippen molar-refractivity contribution in [3.05, 3.63) is 54.4 Å². The van der Waals surface area contributed by atoms with Crippen molar-refractivity contribution in [2.45, 2.75) is 31.4 Å². The third kappa shape index (κ3) is 4.60. The number of rotatable bonds is 5. The third-order valence-electron chi connectivity index (χ3n) is 4.37. The molecule has 0 unspecified atom stereocenters. The first-order chi connectivity index (χ1) is 12.6. The summed E-state index contributed by atoms with van der Waals surface area (Å²) in [5, 5.41) is 13.1. The van der Waals surface area contributed by atoms with Crippen molar-refractivity contribution in [2.24, 2.45) is 0 Å². The molecule has 1 saturated heterocycles. The minimum Gasteiger partial charge on any atom is -0.389 e. The minimum atomic E-state index is -0.817. The number of aliphatic hydroxyl groups excluding tert-OH is 1. The molecule has 0 aliphatic carbocycles. The monoisotopic (exact) mass is 355 g/mol. The fourth-order valence-corrected chi connectivity index (χ4v) is 2.92. The average Bonchev–Trinajstić information content (AvgIpc) is 2.69. The van der Waals surface area contributed by atoms with Crippen LogP contribution in [0.25, 0.3) is 0 Å². The van der Waals surface area contributed by atoms with Crippen LogP contribution >= 0.6 is 0 Å². The van der Waals surface area contributed by atoms with Crippen molar-refractivity contribution in [1.29, 1.82) is 0 Å². The minimum absolute atomic E-state index is 0.0200. The molecule has 2 amide bonds. The molecule has 2 aromatic heterocycles. The average molecular weight is 355 g/mol. The highest BCUT2D eigenvalue weighted by atomic mass is 16.3. The van der Waals surface area contributed by atoms with E-state index in [0.717, 1.165) is 5.69 Å². The number of β-amino-alcohol motifs (C(OH)–C–C–N with tert-alkyl or cyclic N) is 1. The number of likely N-dealkylation sites (tertiary alicyclic amines) is 1. The van der Waals surface area contributed by atoms with Crippen molar-refractivity contribution in [2.75, 3.05) is 13.1 Å². The van der Waals surface area contributed by atoms with Crippen LogP contribution in [0.4, 0.5) is 0 Å². The lowest BCUT2D eigenvalue weighted by molar-refractivity contribution is -0.134. The smallest absolute Gasteiger partial charge is 0.271 e. The van der Waals surface area contributed by atoms with Crippen LogP contribution in [-0.2, 0) is 11.2 Å². The molecule has 8 nitrogen and oxygen atoms in total. The topological polar surface area (TPSA) is 108 Å². The Morgan fingerprint density at radius 3 is 2.81 bits per heavy atom. The van der Waals surface area contributed by atoms with E-state index in [1.54, 1.807) is 11.1 Å². The lowest BCUT2D eigenvalue weighted by atomic mass is 10.0. The summed E-state index contributed by atoms with van der Waals surface area (Å²) in [6.07, 6.45) is 6.59. The lowest BCUT2D eigenvalue weighted by Crippen LogP contribution is -2.55. The molecule has 2 atom stereocenters. The summed E-state index contributed by atoms with van der Waals surface area (Å²) in [4.78, 5) is 38.1. The predicted octanol–water partition coefficient (Wildman–Crippen LogP) is 0.196. The van der Waals surface area contributed by atoms with Crippen LogP contribution in [0.15, 0.2) is 43.0 Å². The Morgan fingerprint density at radius 1 is 1.23 bits per heavy atom. The number of carbonyl (C=O) groups excluding carboxylic acids is 2. The first-order valence-corrected chi connectivity index (χ1v) is 8.56. The van der Waals surface area contributed by atoms with Gasteiger partial charge < -0.3 is 15.3 Å². The molecule has 3 rings (SSSR count). The Labute approximate surface area is 151 Å². The summed E-state index contributed by atoms with van der Waals surface area (Å²) >= 11 is 0. The van der Waals surface area contributed by atoms with Crippen molar-refractivity contribution in [3.8, 4) is 0 Å². The maximum atomic E-state index is 12.3. The molecule has 2 N–H and O–H groups in total. The largest absolute Gasteiger partial charge is 0.389 e. The Morgan fingerprint density at radius 2 is 2.12 bits per heavy atom. The number of aromatic nitrogens is 3. The number of hydrogen-bond acceptors (Lipinski definition) is 6. The van der Waals surface area contributed by atoms with E-state index >= 15 is 0 Å². The van der Waals surface area contributed by atoms with E-state index in [1.165, 1.54) is 18.6 Å². The van der Waals surface area contributed by atoms with E-state index in [1.807, 2.05) is 18.2 Å². The Kier molecular flexibility index (Phi) is 5.85. The molecule has 0 bridgehead atoms. The van der Waals surface area contributed by atoms with Crippen molar-refractivity contribution < 1.29 is 14.7 Å². The van der Waals surface area contributed by atoms with Crippen molar-refractivity contribution >= 4 is 11.8 Å². The molecule has 0 radical (unpaired) electrons. The van der Waals surface area contributed by atoms with E-state index in [-0.39, 0.29) is 24.1 Å². The van der Waals surface area contributed by atoms with Crippen LogP contribution in [0.2, 0.25) is 0 Å². The first-order valence-electron chi connectivity index (χ1n) is 8.56. The van der Waals surface area contributed by atoms with Gasteiger partial charge in [0.1, 0.15) is 5.69 Å². The van der Waals surface area contributed by atoms with Crippen LogP contribution in [0.1, 0.15) is 29.0 Å². The van der Waals surface area contributed by atoms with Crippen molar-refractivity contribution in [3.63, 3.8) is 0 Å². The molecular formula is C18H21N5O3. The van der Waals surface area contributed by atoms with Gasteiger partial charge in [0.25, 0.3) is 5.91 Å². The maximum Gasteiger partial charge on any atom is 0.271 e. The molecule has 1 fully saturated rings. The number of nitrogens with one attached hydrogen (secondary N) is 1. The molecule has 3 heterocycles. The number of carbonyl (C=O) groups is 2. The van der Waals surface area contributed by atoms with Gasteiger partial charge in [-0.2, -0.15) is 0 Å². The summed E-state index contributed by atoms with van der Waals surface area (Å²) < 4.78 is 0. The summed E-state index contributed by atoms with van der Waals surface area (Å²) in [5.41, 5.74) is 1.07. The zero-order valence-corrected chi connectivity index (χ0v) is 14.3. The Balaban J connectivity index is 1.48. The van der Waals surface area contributed by atoms with Gasteiger partial charge in [-0.1, -0.05) is 6.07 Å². The van der Waals surface area contributed by atoms with Gasteiger partial charge in [-0.15, -0.1) is 0 Å². The molecule has 0 spiro atoms. The summed E-state index contributed by atoms with van der Waals surface area (Å²) in [7, 11) is 0. The number of aliphatic hydroxyl groups is 1. The summed E-state index contributed by atoms with van der Waals surface area (Å²) in [5.74, 6) is -0.398. The number of pyridine rings is 1. The van der Waals surface area contributed by atoms with E-state index in [2.05, 4.69) is 20.3 Å². The summed E-state index contributed by atoms with van der Waals surface area (Å²) in [6, 6.07) is 5.20. The lowest BCUT2D eigenvalue weighted by Gasteiger charge is -2.36. The molecular weight excluding hydrogens is 334 g/mol. The Hall–Kier alpha value is -2.87. The second-order valence-electron chi connectivity index (χ2n) is 6.19. The van der Waals surface area contributed by atoms with E-state index in [9.17, 15) is 14.7 Å². The van der Waals surface area contributed by atoms with Crippen LogP contribution in [-0.4, -0.2) is 62.0 Å². The van der Waals surface area contributed by atoms with Gasteiger partial charge in [0, 0.05) is 43.8 Å². The molecule has 1 aliphatic rings. The normalized spacial score (nSPS) is 19.8. The van der Waals surface area contributed by atoms with E-state index in [0.29, 0.717) is 25.8 Å². The van der Waals surface area contributed by atoms with E-state index < -0.39 is 12.1 Å². The first kappa shape index (κ1) is 17.9. The molecule has 8 heteroatoms. The number of piperidine rings is 1. The molecule has 136 valence electrons. The SMILES string of the molecule is O=C(N[C@@H]1CCN(C(=O)CCc2ccccn2)C[C@H]1O)c1cnccn1. The second kappa shape index (κ2) is 8.48. The predicted molar refractivity (Wildman–Crippen MR) is 93.0 cm³/mol. The third-order valence-corrected chi connectivity index (χ3v) is 4.37. The van der Waals surface area contributed by atoms with Gasteiger partial charge in [0.05, 0.1) is 18.3 Å².